The summed E-state index contributed by atoms with van der Waals surface area (Å²) in [6.45, 7) is 3.28. The number of hydrogen-bond acceptors (Lipinski definition) is 5. The van der Waals surface area contributed by atoms with Gasteiger partial charge in [0.25, 0.3) is 0 Å². The smallest absolute Gasteiger partial charge is 0.224 e. The highest BCUT2D eigenvalue weighted by molar-refractivity contribution is 7.89. The third-order valence-electron chi connectivity index (χ3n) is 3.09. The number of ether oxygens (including phenoxy) is 2. The van der Waals surface area contributed by atoms with Gasteiger partial charge in [-0.1, -0.05) is 0 Å². The molecular weight excluding hydrogens is 308 g/mol. The Bertz CT molecular complexity index is 616. The first-order valence-electron chi connectivity index (χ1n) is 6.82. The van der Waals surface area contributed by atoms with Crippen LogP contribution in [0.15, 0.2) is 18.2 Å². The normalized spacial score (nSPS) is 11.1. The lowest BCUT2D eigenvalue weighted by atomic mass is 10.2. The molecular formula is C14H22N2O5S. The van der Waals surface area contributed by atoms with Crippen molar-refractivity contribution in [1.29, 1.82) is 0 Å². The Kier molecular flexibility index (Phi) is 6.63. The highest BCUT2D eigenvalue weighted by Gasteiger charge is 2.18. The van der Waals surface area contributed by atoms with Crippen LogP contribution in [0, 0.1) is 0 Å². The van der Waals surface area contributed by atoms with Crippen LogP contribution in [0.3, 0.4) is 0 Å². The van der Waals surface area contributed by atoms with E-state index in [9.17, 15) is 13.2 Å². The lowest BCUT2D eigenvalue weighted by Gasteiger charge is -2.24. The minimum absolute atomic E-state index is 0.00441. The molecule has 1 aromatic rings. The van der Waals surface area contributed by atoms with Crippen LogP contribution < -0.4 is 19.1 Å². The summed E-state index contributed by atoms with van der Waals surface area (Å²) in [5.74, 6) is 0.864. The number of carbonyl (C=O) groups is 1. The molecule has 0 aliphatic heterocycles. The number of benzene rings is 1. The molecule has 0 atom stereocenters. The van der Waals surface area contributed by atoms with Crippen LogP contribution in [-0.2, 0) is 14.8 Å². The molecule has 0 fully saturated rings. The monoisotopic (exact) mass is 330 g/mol. The summed E-state index contributed by atoms with van der Waals surface area (Å²) in [6, 6.07) is 5.09. The molecule has 0 aromatic heterocycles. The zero-order valence-electron chi connectivity index (χ0n) is 13.3. The van der Waals surface area contributed by atoms with Crippen LogP contribution in [0.25, 0.3) is 0 Å². The molecule has 0 bridgehead atoms. The van der Waals surface area contributed by atoms with Crippen molar-refractivity contribution in [3.63, 3.8) is 0 Å². The van der Waals surface area contributed by atoms with Crippen molar-refractivity contribution >= 4 is 21.6 Å². The lowest BCUT2D eigenvalue weighted by Crippen LogP contribution is -2.38. The summed E-state index contributed by atoms with van der Waals surface area (Å²) in [5, 5.41) is 0. The van der Waals surface area contributed by atoms with Gasteiger partial charge in [-0.2, -0.15) is 0 Å². The number of rotatable bonds is 8. The number of carbonyl (C=O) groups excluding carboxylic acids is 1. The highest BCUT2D eigenvalue weighted by Crippen LogP contribution is 2.32. The largest absolute Gasteiger partial charge is 0.497 e. The number of methoxy groups -OCH3 is 2. The predicted molar refractivity (Wildman–Crippen MR) is 85.0 cm³/mol. The number of hydrogen-bond donors (Lipinski definition) is 1. The van der Waals surface area contributed by atoms with E-state index in [1.165, 1.54) is 26.0 Å². The van der Waals surface area contributed by atoms with E-state index >= 15 is 0 Å². The second-order valence-corrected chi connectivity index (χ2v) is 6.60. The lowest BCUT2D eigenvalue weighted by molar-refractivity contribution is -0.116. The van der Waals surface area contributed by atoms with Gasteiger partial charge in [-0.3, -0.25) is 4.79 Å². The van der Waals surface area contributed by atoms with Gasteiger partial charge in [-0.15, -0.1) is 0 Å². The summed E-state index contributed by atoms with van der Waals surface area (Å²) >= 11 is 0. The standard InChI is InChI=1S/C14H22N2O5S/c1-5-22(18,19)15-8-9-16(11(2)17)13-10-12(20-3)6-7-14(13)21-4/h6-7,10,15H,5,8-9H2,1-4H3. The molecule has 1 rings (SSSR count). The van der Waals surface area contributed by atoms with E-state index in [1.54, 1.807) is 25.1 Å². The Morgan fingerprint density at radius 3 is 2.45 bits per heavy atom. The van der Waals surface area contributed by atoms with E-state index in [0.717, 1.165) is 0 Å². The highest BCUT2D eigenvalue weighted by atomic mass is 32.2. The van der Waals surface area contributed by atoms with E-state index in [4.69, 9.17) is 9.47 Å². The van der Waals surface area contributed by atoms with Gasteiger partial charge in [0.15, 0.2) is 0 Å². The second-order valence-electron chi connectivity index (χ2n) is 4.51. The Balaban J connectivity index is 2.98. The molecule has 1 aromatic carbocycles. The zero-order chi connectivity index (χ0) is 16.8. The van der Waals surface area contributed by atoms with Crippen LogP contribution >= 0.6 is 0 Å². The summed E-state index contributed by atoms with van der Waals surface area (Å²) in [5.41, 5.74) is 0.532. The Morgan fingerprint density at radius 2 is 1.95 bits per heavy atom. The van der Waals surface area contributed by atoms with Crippen molar-refractivity contribution in [2.75, 3.05) is 38.0 Å². The molecule has 0 heterocycles. The van der Waals surface area contributed by atoms with Crippen molar-refractivity contribution < 1.29 is 22.7 Å². The molecule has 0 spiro atoms. The van der Waals surface area contributed by atoms with Gasteiger partial charge in [0.05, 0.1) is 25.7 Å². The molecule has 0 saturated carbocycles. The molecule has 7 nitrogen and oxygen atoms in total. The number of nitrogens with zero attached hydrogens (tertiary/aromatic N) is 1. The number of sulfonamides is 1. The maximum atomic E-state index is 11.9. The van der Waals surface area contributed by atoms with Gasteiger partial charge < -0.3 is 14.4 Å². The zero-order valence-corrected chi connectivity index (χ0v) is 14.1. The number of nitrogens with one attached hydrogen (secondary N) is 1. The first-order chi connectivity index (χ1) is 10.3. The molecule has 0 saturated heterocycles. The van der Waals surface area contributed by atoms with Gasteiger partial charge in [-0.05, 0) is 19.1 Å². The molecule has 1 amide bonds. The fourth-order valence-corrected chi connectivity index (χ4v) is 2.48. The van der Waals surface area contributed by atoms with Gasteiger partial charge in [0, 0.05) is 26.1 Å². The minimum Gasteiger partial charge on any atom is -0.497 e. The fourth-order valence-electron chi connectivity index (χ4n) is 1.87. The average Bonchev–Trinajstić information content (AvgIpc) is 2.50. The van der Waals surface area contributed by atoms with Crippen molar-refractivity contribution in [2.24, 2.45) is 0 Å². The maximum Gasteiger partial charge on any atom is 0.224 e. The van der Waals surface area contributed by atoms with Gasteiger partial charge in [-0.25, -0.2) is 13.1 Å². The Hall–Kier alpha value is -1.80. The number of amides is 1. The molecule has 1 N–H and O–H groups in total. The summed E-state index contributed by atoms with van der Waals surface area (Å²) in [4.78, 5) is 13.3. The van der Waals surface area contributed by atoms with Crippen LogP contribution in [0.1, 0.15) is 13.8 Å². The Labute approximate surface area is 131 Å². The SMILES string of the molecule is CCS(=O)(=O)NCCN(C(C)=O)c1cc(OC)ccc1OC. The molecule has 0 aliphatic carbocycles. The topological polar surface area (TPSA) is 84.9 Å². The maximum absolute atomic E-state index is 11.9. The van der Waals surface area contributed by atoms with E-state index in [0.29, 0.717) is 17.2 Å². The molecule has 0 aliphatic rings. The van der Waals surface area contributed by atoms with E-state index in [1.807, 2.05) is 0 Å². The fraction of sp³-hybridized carbons (Fsp3) is 0.500. The third-order valence-corrected chi connectivity index (χ3v) is 4.50. The predicted octanol–water partition coefficient (Wildman–Crippen LogP) is 0.996. The molecule has 0 radical (unpaired) electrons. The summed E-state index contributed by atoms with van der Waals surface area (Å²) < 4.78 is 35.8. The first-order valence-corrected chi connectivity index (χ1v) is 8.47. The van der Waals surface area contributed by atoms with Crippen molar-refractivity contribution in [3.05, 3.63) is 18.2 Å². The Morgan fingerprint density at radius 1 is 1.27 bits per heavy atom. The van der Waals surface area contributed by atoms with Crippen LogP contribution in [0.4, 0.5) is 5.69 Å². The molecule has 8 heteroatoms. The molecule has 22 heavy (non-hydrogen) atoms. The van der Waals surface area contributed by atoms with E-state index in [2.05, 4.69) is 4.72 Å². The van der Waals surface area contributed by atoms with Crippen LogP contribution in [0.2, 0.25) is 0 Å². The van der Waals surface area contributed by atoms with E-state index in [-0.39, 0.29) is 24.7 Å². The summed E-state index contributed by atoms with van der Waals surface area (Å²) in [6.07, 6.45) is 0. The van der Waals surface area contributed by atoms with Gasteiger partial charge >= 0.3 is 0 Å². The minimum atomic E-state index is -3.30. The van der Waals surface area contributed by atoms with E-state index < -0.39 is 10.0 Å². The quantitative estimate of drug-likeness (QED) is 0.768. The second kappa shape index (κ2) is 8.00. The first kappa shape index (κ1) is 18.2. The van der Waals surface area contributed by atoms with Crippen LogP contribution in [0.5, 0.6) is 11.5 Å². The van der Waals surface area contributed by atoms with Crippen molar-refractivity contribution in [1.82, 2.24) is 4.72 Å². The van der Waals surface area contributed by atoms with Crippen LogP contribution in [-0.4, -0.2) is 47.4 Å². The van der Waals surface area contributed by atoms with Crippen molar-refractivity contribution in [3.8, 4) is 11.5 Å². The third kappa shape index (κ3) is 4.88. The van der Waals surface area contributed by atoms with Crippen molar-refractivity contribution in [2.45, 2.75) is 13.8 Å². The average molecular weight is 330 g/mol. The molecule has 0 unspecified atom stereocenters. The number of anilines is 1. The van der Waals surface area contributed by atoms with Gasteiger partial charge in [0.2, 0.25) is 15.9 Å². The van der Waals surface area contributed by atoms with Gasteiger partial charge in [0.1, 0.15) is 11.5 Å². The summed E-state index contributed by atoms with van der Waals surface area (Å²) in [7, 11) is -0.265. The molecule has 124 valence electrons.